The zero-order valence-corrected chi connectivity index (χ0v) is 11.8. The molecule has 0 unspecified atom stereocenters. The van der Waals surface area contributed by atoms with E-state index in [9.17, 15) is 0 Å². The van der Waals surface area contributed by atoms with Crippen LogP contribution in [0.25, 0.3) is 11.0 Å². The van der Waals surface area contributed by atoms with Crippen LogP contribution in [-0.4, -0.2) is 36.9 Å². The van der Waals surface area contributed by atoms with Crippen LogP contribution in [0, 0.1) is 13.8 Å². The van der Waals surface area contributed by atoms with E-state index in [0.717, 1.165) is 41.3 Å². The Hall–Kier alpha value is -2.44. The van der Waals surface area contributed by atoms with E-state index in [1.165, 1.54) is 5.56 Å². The van der Waals surface area contributed by atoms with Crippen molar-refractivity contribution in [3.8, 4) is 0 Å². The van der Waals surface area contributed by atoms with Crippen LogP contribution in [0.2, 0.25) is 0 Å². The second-order valence-electron chi connectivity index (χ2n) is 4.76. The average Bonchev–Trinajstić information content (AvgIpc) is 3.05. The Kier molecular flexibility index (Phi) is 3.09. The topological polar surface area (TPSA) is 86.4 Å². The Labute approximate surface area is 116 Å². The molecule has 0 saturated carbocycles. The van der Waals surface area contributed by atoms with Gasteiger partial charge in [0.05, 0.1) is 17.3 Å². The summed E-state index contributed by atoms with van der Waals surface area (Å²) in [5.41, 5.74) is 4.09. The molecule has 3 heterocycles. The lowest BCUT2D eigenvalue weighted by molar-refractivity contribution is 0.808. The first-order valence-corrected chi connectivity index (χ1v) is 6.60. The van der Waals surface area contributed by atoms with Crippen LogP contribution in [-0.2, 0) is 6.54 Å². The third-order valence-corrected chi connectivity index (χ3v) is 3.54. The first-order valence-electron chi connectivity index (χ1n) is 6.60. The number of nitrogens with one attached hydrogen (secondary N) is 2. The molecule has 0 aliphatic heterocycles. The maximum Gasteiger partial charge on any atom is 0.160 e. The van der Waals surface area contributed by atoms with Gasteiger partial charge in [-0.25, -0.2) is 9.97 Å². The summed E-state index contributed by atoms with van der Waals surface area (Å²) < 4.78 is 0. The minimum Gasteiger partial charge on any atom is -0.352 e. The minimum atomic E-state index is 0.758. The lowest BCUT2D eigenvalue weighted by Crippen LogP contribution is -2.24. The maximum atomic E-state index is 4.41. The van der Waals surface area contributed by atoms with Gasteiger partial charge in [0.15, 0.2) is 5.65 Å². The standard InChI is InChI=1S/C13H17N7/c1-4-20(6-11-8(2)17-18-9(11)3)13-10-5-16-19-12(10)14-7-15-13/h5,7H,4,6H2,1-3H3,(H,17,18)(H,14,15,16,19). The summed E-state index contributed by atoms with van der Waals surface area (Å²) in [7, 11) is 0. The number of hydrogen-bond donors (Lipinski definition) is 2. The highest BCUT2D eigenvalue weighted by atomic mass is 15.2. The number of H-pyrrole nitrogens is 2. The van der Waals surface area contributed by atoms with E-state index >= 15 is 0 Å². The predicted octanol–water partition coefficient (Wildman–Crippen LogP) is 1.72. The molecule has 0 spiro atoms. The van der Waals surface area contributed by atoms with Gasteiger partial charge >= 0.3 is 0 Å². The molecule has 7 nitrogen and oxygen atoms in total. The van der Waals surface area contributed by atoms with Gasteiger partial charge in [0, 0.05) is 24.3 Å². The average molecular weight is 271 g/mol. The molecule has 2 N–H and O–H groups in total. The highest BCUT2D eigenvalue weighted by Gasteiger charge is 2.15. The summed E-state index contributed by atoms with van der Waals surface area (Å²) in [6.45, 7) is 7.78. The minimum absolute atomic E-state index is 0.758. The van der Waals surface area contributed by atoms with Gasteiger partial charge in [-0.15, -0.1) is 0 Å². The first kappa shape index (κ1) is 12.6. The van der Waals surface area contributed by atoms with E-state index in [1.54, 1.807) is 12.5 Å². The zero-order chi connectivity index (χ0) is 14.1. The molecular weight excluding hydrogens is 254 g/mol. The molecule has 3 rings (SSSR count). The monoisotopic (exact) mass is 271 g/mol. The number of aryl methyl sites for hydroxylation is 2. The van der Waals surface area contributed by atoms with Crippen LogP contribution >= 0.6 is 0 Å². The maximum absolute atomic E-state index is 4.41. The molecule has 0 atom stereocenters. The van der Waals surface area contributed by atoms with Gasteiger partial charge in [-0.05, 0) is 20.8 Å². The fraction of sp³-hybridized carbons (Fsp3) is 0.385. The molecule has 0 amide bonds. The van der Waals surface area contributed by atoms with Crippen molar-refractivity contribution < 1.29 is 0 Å². The Bertz CT molecular complexity index is 708. The van der Waals surface area contributed by atoms with Crippen molar-refractivity contribution in [3.63, 3.8) is 0 Å². The van der Waals surface area contributed by atoms with Gasteiger partial charge in [0.1, 0.15) is 12.1 Å². The van der Waals surface area contributed by atoms with Gasteiger partial charge in [-0.3, -0.25) is 10.2 Å². The molecule has 3 aromatic rings. The van der Waals surface area contributed by atoms with Crippen LogP contribution < -0.4 is 4.90 Å². The summed E-state index contributed by atoms with van der Waals surface area (Å²) >= 11 is 0. The van der Waals surface area contributed by atoms with E-state index in [0.29, 0.717) is 0 Å². The molecular formula is C13H17N7. The lowest BCUT2D eigenvalue weighted by atomic mass is 10.2. The number of nitrogens with zero attached hydrogens (tertiary/aromatic N) is 5. The Balaban J connectivity index is 2.00. The third kappa shape index (κ3) is 2.01. The fourth-order valence-electron chi connectivity index (χ4n) is 2.34. The number of hydrogen-bond acceptors (Lipinski definition) is 5. The van der Waals surface area contributed by atoms with Crippen LogP contribution in [0.3, 0.4) is 0 Å². The molecule has 20 heavy (non-hydrogen) atoms. The number of aromatic amines is 2. The summed E-state index contributed by atoms with van der Waals surface area (Å²) in [6, 6.07) is 0. The van der Waals surface area contributed by atoms with Crippen molar-refractivity contribution in [3.05, 3.63) is 29.5 Å². The van der Waals surface area contributed by atoms with Crippen LogP contribution in [0.4, 0.5) is 5.82 Å². The zero-order valence-electron chi connectivity index (χ0n) is 11.8. The van der Waals surface area contributed by atoms with Crippen molar-refractivity contribution in [1.29, 1.82) is 0 Å². The summed E-state index contributed by atoms with van der Waals surface area (Å²) in [5.74, 6) is 0.895. The molecule has 104 valence electrons. The van der Waals surface area contributed by atoms with Gasteiger partial charge in [-0.1, -0.05) is 0 Å². The van der Waals surface area contributed by atoms with Gasteiger partial charge < -0.3 is 4.90 Å². The SMILES string of the molecule is CCN(Cc1c(C)n[nH]c1C)c1ncnc2[nH]ncc12. The highest BCUT2D eigenvalue weighted by molar-refractivity contribution is 5.86. The van der Waals surface area contributed by atoms with Crippen molar-refractivity contribution in [2.45, 2.75) is 27.3 Å². The first-order chi connectivity index (χ1) is 9.70. The Morgan fingerprint density at radius 1 is 1.20 bits per heavy atom. The van der Waals surface area contributed by atoms with Crippen molar-refractivity contribution in [2.24, 2.45) is 0 Å². The van der Waals surface area contributed by atoms with Gasteiger partial charge in [-0.2, -0.15) is 10.2 Å². The van der Waals surface area contributed by atoms with Gasteiger partial charge in [0.25, 0.3) is 0 Å². The summed E-state index contributed by atoms with van der Waals surface area (Å²) in [5, 5.41) is 15.1. The van der Waals surface area contributed by atoms with E-state index in [1.807, 2.05) is 13.8 Å². The number of anilines is 1. The quantitative estimate of drug-likeness (QED) is 0.754. The van der Waals surface area contributed by atoms with Crippen molar-refractivity contribution in [2.75, 3.05) is 11.4 Å². The molecule has 0 fully saturated rings. The molecule has 7 heteroatoms. The van der Waals surface area contributed by atoms with E-state index in [-0.39, 0.29) is 0 Å². The van der Waals surface area contributed by atoms with Crippen molar-refractivity contribution in [1.82, 2.24) is 30.4 Å². The van der Waals surface area contributed by atoms with E-state index < -0.39 is 0 Å². The lowest BCUT2D eigenvalue weighted by Gasteiger charge is -2.22. The number of fused-ring (bicyclic) bond motifs is 1. The normalized spacial score (nSPS) is 11.2. The smallest absolute Gasteiger partial charge is 0.160 e. The Morgan fingerprint density at radius 3 is 2.75 bits per heavy atom. The number of aromatic nitrogens is 6. The van der Waals surface area contributed by atoms with Crippen molar-refractivity contribution >= 4 is 16.9 Å². The Morgan fingerprint density at radius 2 is 2.05 bits per heavy atom. The second kappa shape index (κ2) is 4.92. The highest BCUT2D eigenvalue weighted by Crippen LogP contribution is 2.23. The van der Waals surface area contributed by atoms with E-state index in [2.05, 4.69) is 42.2 Å². The molecule has 0 bridgehead atoms. The van der Waals surface area contributed by atoms with Gasteiger partial charge in [0.2, 0.25) is 0 Å². The fourth-order valence-corrected chi connectivity index (χ4v) is 2.34. The molecule has 0 aliphatic carbocycles. The van der Waals surface area contributed by atoms with Crippen LogP contribution in [0.5, 0.6) is 0 Å². The molecule has 0 aliphatic rings. The molecule has 3 aromatic heterocycles. The predicted molar refractivity (Wildman–Crippen MR) is 76.5 cm³/mol. The molecule has 0 saturated heterocycles. The summed E-state index contributed by atoms with van der Waals surface area (Å²) in [4.78, 5) is 10.8. The summed E-state index contributed by atoms with van der Waals surface area (Å²) in [6.07, 6.45) is 3.33. The third-order valence-electron chi connectivity index (χ3n) is 3.54. The van der Waals surface area contributed by atoms with Crippen LogP contribution in [0.15, 0.2) is 12.5 Å². The van der Waals surface area contributed by atoms with E-state index in [4.69, 9.17) is 0 Å². The molecule has 0 radical (unpaired) electrons. The second-order valence-corrected chi connectivity index (χ2v) is 4.76. The number of rotatable bonds is 4. The molecule has 0 aromatic carbocycles. The van der Waals surface area contributed by atoms with Crippen LogP contribution in [0.1, 0.15) is 23.9 Å². The largest absolute Gasteiger partial charge is 0.352 e.